The van der Waals surface area contributed by atoms with E-state index in [9.17, 15) is 8.78 Å². The number of hydrogen-bond acceptors (Lipinski definition) is 1. The van der Waals surface area contributed by atoms with Crippen molar-refractivity contribution in [3.63, 3.8) is 0 Å². The highest BCUT2D eigenvalue weighted by Gasteiger charge is 1.89. The number of hydrogen-bond donors (Lipinski definition) is 0. The zero-order valence-electron chi connectivity index (χ0n) is 4.86. The lowest BCUT2D eigenvalue weighted by atomic mass is 10.5. The lowest BCUT2D eigenvalue weighted by Gasteiger charge is -1.83. The Morgan fingerprint density at radius 2 is 1.88 bits per heavy atom. The van der Waals surface area contributed by atoms with Gasteiger partial charge in [0.1, 0.15) is 0 Å². The van der Waals surface area contributed by atoms with Gasteiger partial charge in [-0.2, -0.15) is 13.8 Å². The van der Waals surface area contributed by atoms with Crippen LogP contribution in [-0.2, 0) is 0 Å². The minimum Gasteiger partial charge on any atom is -0.191 e. The third-order valence-electron chi connectivity index (χ3n) is 0.618. The van der Waals surface area contributed by atoms with Crippen LogP contribution in [0.4, 0.5) is 8.78 Å². The first kappa shape index (κ1) is 3.95. The maximum Gasteiger partial charge on any atom is 0.215 e. The molecule has 0 aliphatic carbocycles. The molecule has 0 N–H and O–H groups in total. The molecule has 1 nitrogen and oxygen atoms in total. The predicted molar refractivity (Wildman–Crippen MR) is 24.2 cm³/mol. The highest BCUT2D eigenvalue weighted by molar-refractivity contribution is 4.93. The molecular weight excluding hydrogens is 112 g/mol. The maximum atomic E-state index is 12.0. The fourth-order valence-electron chi connectivity index (χ4n) is 0.346. The van der Waals surface area contributed by atoms with Gasteiger partial charge in [0, 0.05) is 0 Å². The lowest BCUT2D eigenvalue weighted by molar-refractivity contribution is 0.513. The van der Waals surface area contributed by atoms with Crippen molar-refractivity contribution in [3.05, 3.63) is 30.1 Å². The molecule has 42 valence electrons. The van der Waals surface area contributed by atoms with Gasteiger partial charge in [-0.05, 0) is 12.1 Å². The largest absolute Gasteiger partial charge is 0.215 e. The zero-order valence-corrected chi connectivity index (χ0v) is 3.86. The fourth-order valence-corrected chi connectivity index (χ4v) is 0.346. The third-order valence-corrected chi connectivity index (χ3v) is 0.618. The summed E-state index contributed by atoms with van der Waals surface area (Å²) in [5.74, 6) is -1.92. The third kappa shape index (κ3) is 0.992. The molecule has 0 radical (unpaired) electrons. The van der Waals surface area contributed by atoms with E-state index in [0.717, 1.165) is 12.1 Å². The molecular formula is C5H3F2N. The Hall–Kier alpha value is -0.990. The SMILES string of the molecule is [2H]c1cc(F)nc(F)c1. The number of rotatable bonds is 0. The molecule has 1 aromatic heterocycles. The van der Waals surface area contributed by atoms with Crippen molar-refractivity contribution >= 4 is 0 Å². The summed E-state index contributed by atoms with van der Waals surface area (Å²) in [4.78, 5) is 2.78. The summed E-state index contributed by atoms with van der Waals surface area (Å²) in [7, 11) is 0. The summed E-state index contributed by atoms with van der Waals surface area (Å²) in [6.45, 7) is 0. The van der Waals surface area contributed by atoms with E-state index in [1.54, 1.807) is 0 Å². The van der Waals surface area contributed by atoms with Crippen molar-refractivity contribution in [2.75, 3.05) is 0 Å². The Morgan fingerprint density at radius 3 is 2.25 bits per heavy atom. The smallest absolute Gasteiger partial charge is 0.191 e. The van der Waals surface area contributed by atoms with Gasteiger partial charge in [-0.15, -0.1) is 0 Å². The predicted octanol–water partition coefficient (Wildman–Crippen LogP) is 1.36. The Morgan fingerprint density at radius 1 is 1.38 bits per heavy atom. The number of nitrogens with zero attached hydrogens (tertiary/aromatic N) is 1. The molecule has 0 bridgehead atoms. The van der Waals surface area contributed by atoms with Crippen molar-refractivity contribution in [3.8, 4) is 0 Å². The second-order valence-electron chi connectivity index (χ2n) is 1.21. The van der Waals surface area contributed by atoms with Crippen molar-refractivity contribution in [2.24, 2.45) is 0 Å². The van der Waals surface area contributed by atoms with Crippen LogP contribution >= 0.6 is 0 Å². The molecule has 8 heavy (non-hydrogen) atoms. The molecule has 1 aromatic rings. The summed E-state index contributed by atoms with van der Waals surface area (Å²) in [5.41, 5.74) is 0. The Kier molecular flexibility index (Phi) is 0.917. The molecule has 0 atom stereocenters. The number of aromatic nitrogens is 1. The van der Waals surface area contributed by atoms with Gasteiger partial charge < -0.3 is 0 Å². The van der Waals surface area contributed by atoms with Gasteiger partial charge in [0.25, 0.3) is 0 Å². The topological polar surface area (TPSA) is 12.9 Å². The van der Waals surface area contributed by atoms with Gasteiger partial charge in [-0.3, -0.25) is 0 Å². The quantitative estimate of drug-likeness (QED) is 0.466. The average molecular weight is 116 g/mol. The molecule has 0 fully saturated rings. The molecule has 0 amide bonds. The van der Waals surface area contributed by atoms with Gasteiger partial charge in [-0.1, -0.05) is 6.04 Å². The molecule has 1 rings (SSSR count). The first-order valence-corrected chi connectivity index (χ1v) is 1.98. The van der Waals surface area contributed by atoms with E-state index in [1.807, 2.05) is 0 Å². The lowest BCUT2D eigenvalue weighted by Crippen LogP contribution is -1.83. The van der Waals surface area contributed by atoms with Crippen LogP contribution in [0.5, 0.6) is 0 Å². The number of pyridine rings is 1. The average Bonchev–Trinajstić information content (AvgIpc) is 1.59. The summed E-state index contributed by atoms with van der Waals surface area (Å²) >= 11 is 0. The molecule has 3 heteroatoms. The van der Waals surface area contributed by atoms with Crippen LogP contribution in [0.25, 0.3) is 0 Å². The Balaban J connectivity index is 3.17. The van der Waals surface area contributed by atoms with E-state index in [2.05, 4.69) is 4.98 Å². The molecule has 0 aliphatic heterocycles. The Labute approximate surface area is 46.4 Å². The second kappa shape index (κ2) is 1.86. The van der Waals surface area contributed by atoms with Gasteiger partial charge in [0.15, 0.2) is 0 Å². The van der Waals surface area contributed by atoms with Crippen molar-refractivity contribution in [2.45, 2.75) is 0 Å². The molecule has 0 aliphatic rings. The van der Waals surface area contributed by atoms with Crippen LogP contribution in [0.15, 0.2) is 18.2 Å². The fraction of sp³-hybridized carbons (Fsp3) is 0. The normalized spacial score (nSPS) is 11.0. The van der Waals surface area contributed by atoms with Crippen LogP contribution in [-0.4, -0.2) is 4.98 Å². The van der Waals surface area contributed by atoms with E-state index in [1.165, 1.54) is 0 Å². The van der Waals surface area contributed by atoms with E-state index in [4.69, 9.17) is 1.37 Å². The van der Waals surface area contributed by atoms with Crippen molar-refractivity contribution < 1.29 is 10.2 Å². The monoisotopic (exact) mass is 116 g/mol. The van der Waals surface area contributed by atoms with E-state index in [0.29, 0.717) is 0 Å². The molecule has 1 heterocycles. The van der Waals surface area contributed by atoms with Gasteiger partial charge in [0.05, 0.1) is 1.37 Å². The van der Waals surface area contributed by atoms with E-state index >= 15 is 0 Å². The van der Waals surface area contributed by atoms with Gasteiger partial charge in [-0.25, -0.2) is 0 Å². The second-order valence-corrected chi connectivity index (χ2v) is 1.21. The summed E-state index contributed by atoms with van der Waals surface area (Å²) in [5, 5.41) is 0. The standard InChI is InChI=1S/C5H3F2N/c6-4-2-1-3-5(7)8-4/h1-3H/i1D. The molecule has 0 saturated carbocycles. The molecule has 0 unspecified atom stereocenters. The summed E-state index contributed by atoms with van der Waals surface area (Å²) in [6, 6.07) is 1.46. The first-order valence-electron chi connectivity index (χ1n) is 2.48. The summed E-state index contributed by atoms with van der Waals surface area (Å²) < 4.78 is 30.7. The minimum absolute atomic E-state index is 0.208. The van der Waals surface area contributed by atoms with Crippen molar-refractivity contribution in [1.29, 1.82) is 0 Å². The highest BCUT2D eigenvalue weighted by Crippen LogP contribution is 1.93. The van der Waals surface area contributed by atoms with Crippen molar-refractivity contribution in [1.82, 2.24) is 4.98 Å². The van der Waals surface area contributed by atoms with Crippen LogP contribution in [0.2, 0.25) is 0 Å². The molecule has 0 saturated heterocycles. The van der Waals surface area contributed by atoms with Crippen LogP contribution in [0.1, 0.15) is 1.37 Å². The van der Waals surface area contributed by atoms with Crippen LogP contribution < -0.4 is 0 Å². The zero-order chi connectivity index (χ0) is 6.85. The first-order chi connectivity index (χ1) is 4.18. The van der Waals surface area contributed by atoms with Gasteiger partial charge >= 0.3 is 0 Å². The van der Waals surface area contributed by atoms with E-state index in [-0.39, 0.29) is 6.04 Å². The minimum atomic E-state index is -0.958. The molecule has 0 spiro atoms. The maximum absolute atomic E-state index is 12.0. The van der Waals surface area contributed by atoms with Crippen LogP contribution in [0, 0.1) is 11.9 Å². The van der Waals surface area contributed by atoms with Crippen LogP contribution in [0.3, 0.4) is 0 Å². The summed E-state index contributed by atoms with van der Waals surface area (Å²) in [6.07, 6.45) is 0. The van der Waals surface area contributed by atoms with Gasteiger partial charge in [0.2, 0.25) is 11.9 Å². The Bertz CT molecular complexity index is 176. The van der Waals surface area contributed by atoms with E-state index < -0.39 is 11.9 Å². The number of halogens is 2. The molecule has 0 aromatic carbocycles. The highest BCUT2D eigenvalue weighted by atomic mass is 19.1.